The second kappa shape index (κ2) is 7.25. The zero-order chi connectivity index (χ0) is 13.7. The summed E-state index contributed by atoms with van der Waals surface area (Å²) in [5, 5.41) is 13.4. The van der Waals surface area contributed by atoms with Crippen molar-refractivity contribution in [3.63, 3.8) is 0 Å². The molecule has 1 aliphatic heterocycles. The van der Waals surface area contributed by atoms with Gasteiger partial charge in [0.05, 0.1) is 12.1 Å². The first kappa shape index (κ1) is 14.8. The zero-order valence-electron chi connectivity index (χ0n) is 12.1. The summed E-state index contributed by atoms with van der Waals surface area (Å²) in [7, 11) is 1.86. The van der Waals surface area contributed by atoms with Gasteiger partial charge in [-0.05, 0) is 51.1 Å². The predicted octanol–water partition coefficient (Wildman–Crippen LogP) is 1.53. The van der Waals surface area contributed by atoms with Gasteiger partial charge in [-0.15, -0.1) is 0 Å². The fourth-order valence-electron chi connectivity index (χ4n) is 3.40. The van der Waals surface area contributed by atoms with Gasteiger partial charge in [-0.3, -0.25) is 4.79 Å². The summed E-state index contributed by atoms with van der Waals surface area (Å²) in [5.74, 6) is 0.860. The Morgan fingerprint density at radius 2 is 2.05 bits per heavy atom. The van der Waals surface area contributed by atoms with Crippen LogP contribution in [0.25, 0.3) is 0 Å². The van der Waals surface area contributed by atoms with Crippen molar-refractivity contribution in [3.05, 3.63) is 0 Å². The maximum absolute atomic E-state index is 12.2. The highest BCUT2D eigenvalue weighted by molar-refractivity contribution is 5.76. The molecule has 2 aliphatic rings. The summed E-state index contributed by atoms with van der Waals surface area (Å²) in [5.41, 5.74) is 0. The van der Waals surface area contributed by atoms with E-state index in [9.17, 15) is 9.90 Å². The molecule has 3 unspecified atom stereocenters. The van der Waals surface area contributed by atoms with Crippen molar-refractivity contribution >= 4 is 5.91 Å². The van der Waals surface area contributed by atoms with E-state index in [-0.39, 0.29) is 18.1 Å². The molecular weight excluding hydrogens is 240 g/mol. The molecule has 2 rings (SSSR count). The number of rotatable bonds is 4. The summed E-state index contributed by atoms with van der Waals surface area (Å²) < 4.78 is 0. The van der Waals surface area contributed by atoms with Gasteiger partial charge in [0.1, 0.15) is 0 Å². The fourth-order valence-corrected chi connectivity index (χ4v) is 3.40. The van der Waals surface area contributed by atoms with E-state index < -0.39 is 0 Å². The maximum Gasteiger partial charge on any atom is 0.222 e. The first-order valence-electron chi connectivity index (χ1n) is 7.83. The molecule has 4 heteroatoms. The summed E-state index contributed by atoms with van der Waals surface area (Å²) in [4.78, 5) is 14.0. The predicted molar refractivity (Wildman–Crippen MR) is 75.9 cm³/mol. The molecule has 2 N–H and O–H groups in total. The molecular formula is C15H28N2O2. The number of aliphatic hydroxyl groups is 1. The van der Waals surface area contributed by atoms with Crippen LogP contribution in [0.2, 0.25) is 0 Å². The SMILES string of the molecule is CN(C(=O)CCC1CCCNC1)C1CCCCC1O. The molecule has 1 saturated carbocycles. The smallest absolute Gasteiger partial charge is 0.222 e. The largest absolute Gasteiger partial charge is 0.391 e. The summed E-state index contributed by atoms with van der Waals surface area (Å²) in [6, 6.07) is 0.0470. The van der Waals surface area contributed by atoms with E-state index in [2.05, 4.69) is 5.32 Å². The topological polar surface area (TPSA) is 52.6 Å². The summed E-state index contributed by atoms with van der Waals surface area (Å²) in [6.07, 6.45) is 7.79. The van der Waals surface area contributed by atoms with Crippen LogP contribution in [-0.2, 0) is 4.79 Å². The standard InChI is InChI=1S/C15H28N2O2/c1-17(13-6-2-3-7-14(13)18)15(19)9-8-12-5-4-10-16-11-12/h12-14,16,18H,2-11H2,1H3. The van der Waals surface area contributed by atoms with Crippen molar-refractivity contribution in [1.82, 2.24) is 10.2 Å². The van der Waals surface area contributed by atoms with Gasteiger partial charge in [-0.1, -0.05) is 12.8 Å². The number of likely N-dealkylation sites (N-methyl/N-ethyl adjacent to an activating group) is 1. The molecule has 2 fully saturated rings. The number of nitrogens with one attached hydrogen (secondary N) is 1. The number of piperidine rings is 1. The van der Waals surface area contributed by atoms with Gasteiger partial charge in [0.15, 0.2) is 0 Å². The molecule has 4 nitrogen and oxygen atoms in total. The first-order chi connectivity index (χ1) is 9.18. The van der Waals surface area contributed by atoms with Crippen LogP contribution in [0.3, 0.4) is 0 Å². The van der Waals surface area contributed by atoms with Crippen LogP contribution in [0.5, 0.6) is 0 Å². The van der Waals surface area contributed by atoms with Crippen molar-refractivity contribution in [3.8, 4) is 0 Å². The molecule has 0 aromatic heterocycles. The molecule has 1 heterocycles. The van der Waals surface area contributed by atoms with Gasteiger partial charge in [-0.2, -0.15) is 0 Å². The van der Waals surface area contributed by atoms with Crippen LogP contribution in [0, 0.1) is 5.92 Å². The zero-order valence-corrected chi connectivity index (χ0v) is 12.1. The van der Waals surface area contributed by atoms with Crippen LogP contribution >= 0.6 is 0 Å². The Balaban J connectivity index is 1.74. The lowest BCUT2D eigenvalue weighted by Crippen LogP contribution is -2.46. The van der Waals surface area contributed by atoms with E-state index in [1.165, 1.54) is 12.8 Å². The molecule has 1 saturated heterocycles. The van der Waals surface area contributed by atoms with E-state index >= 15 is 0 Å². The molecule has 0 radical (unpaired) electrons. The molecule has 1 aliphatic carbocycles. The van der Waals surface area contributed by atoms with Crippen LogP contribution in [0.15, 0.2) is 0 Å². The normalized spacial score (nSPS) is 32.0. The fraction of sp³-hybridized carbons (Fsp3) is 0.933. The van der Waals surface area contributed by atoms with E-state index in [1.54, 1.807) is 4.90 Å². The molecule has 3 atom stereocenters. The van der Waals surface area contributed by atoms with Crippen LogP contribution < -0.4 is 5.32 Å². The minimum absolute atomic E-state index is 0.0470. The lowest BCUT2D eigenvalue weighted by atomic mass is 9.90. The summed E-state index contributed by atoms with van der Waals surface area (Å²) >= 11 is 0. The molecule has 1 amide bonds. The molecule has 19 heavy (non-hydrogen) atoms. The van der Waals surface area contributed by atoms with Gasteiger partial charge in [0, 0.05) is 13.5 Å². The van der Waals surface area contributed by atoms with Gasteiger partial charge < -0.3 is 15.3 Å². The average Bonchev–Trinajstić information content (AvgIpc) is 2.45. The Kier molecular flexibility index (Phi) is 5.64. The number of aliphatic hydroxyl groups excluding tert-OH is 1. The third kappa shape index (κ3) is 4.18. The van der Waals surface area contributed by atoms with Crippen molar-refractivity contribution in [2.24, 2.45) is 5.92 Å². The maximum atomic E-state index is 12.2. The Bertz CT molecular complexity index is 290. The van der Waals surface area contributed by atoms with E-state index in [4.69, 9.17) is 0 Å². The third-order valence-corrected chi connectivity index (χ3v) is 4.75. The quantitative estimate of drug-likeness (QED) is 0.813. The molecule has 0 bridgehead atoms. The number of carbonyl (C=O) groups excluding carboxylic acids is 1. The molecule has 110 valence electrons. The van der Waals surface area contributed by atoms with Crippen LogP contribution in [-0.4, -0.2) is 48.2 Å². The van der Waals surface area contributed by atoms with Crippen molar-refractivity contribution in [2.45, 2.75) is 63.5 Å². The highest BCUT2D eigenvalue weighted by Crippen LogP contribution is 2.24. The monoisotopic (exact) mass is 268 g/mol. The molecule has 0 spiro atoms. The summed E-state index contributed by atoms with van der Waals surface area (Å²) in [6.45, 7) is 2.18. The average molecular weight is 268 g/mol. The highest BCUT2D eigenvalue weighted by atomic mass is 16.3. The van der Waals surface area contributed by atoms with Gasteiger partial charge in [0.25, 0.3) is 0 Å². The van der Waals surface area contributed by atoms with Crippen LogP contribution in [0.4, 0.5) is 0 Å². The van der Waals surface area contributed by atoms with Crippen LogP contribution in [0.1, 0.15) is 51.4 Å². The van der Waals surface area contributed by atoms with E-state index in [0.29, 0.717) is 12.3 Å². The Morgan fingerprint density at radius 1 is 1.26 bits per heavy atom. The van der Waals surface area contributed by atoms with Gasteiger partial charge in [0.2, 0.25) is 5.91 Å². The minimum Gasteiger partial charge on any atom is -0.391 e. The van der Waals surface area contributed by atoms with E-state index in [1.807, 2.05) is 7.05 Å². The van der Waals surface area contributed by atoms with Gasteiger partial charge >= 0.3 is 0 Å². The first-order valence-corrected chi connectivity index (χ1v) is 7.83. The third-order valence-electron chi connectivity index (χ3n) is 4.75. The Labute approximate surface area is 116 Å². The lowest BCUT2D eigenvalue weighted by Gasteiger charge is -2.35. The lowest BCUT2D eigenvalue weighted by molar-refractivity contribution is -0.135. The Morgan fingerprint density at radius 3 is 2.74 bits per heavy atom. The minimum atomic E-state index is -0.320. The molecule has 0 aromatic carbocycles. The number of carbonyl (C=O) groups is 1. The number of hydrogen-bond donors (Lipinski definition) is 2. The molecule has 0 aromatic rings. The van der Waals surface area contributed by atoms with Crippen molar-refractivity contribution in [1.29, 1.82) is 0 Å². The van der Waals surface area contributed by atoms with E-state index in [0.717, 1.165) is 45.2 Å². The van der Waals surface area contributed by atoms with Crippen molar-refractivity contribution in [2.75, 3.05) is 20.1 Å². The second-order valence-electron chi connectivity index (χ2n) is 6.17. The number of hydrogen-bond acceptors (Lipinski definition) is 3. The Hall–Kier alpha value is -0.610. The highest BCUT2D eigenvalue weighted by Gasteiger charge is 2.29. The van der Waals surface area contributed by atoms with Gasteiger partial charge in [-0.25, -0.2) is 0 Å². The number of nitrogens with zero attached hydrogens (tertiary/aromatic N) is 1. The number of amides is 1. The second-order valence-corrected chi connectivity index (χ2v) is 6.17. The van der Waals surface area contributed by atoms with Crippen molar-refractivity contribution < 1.29 is 9.90 Å².